The minimum atomic E-state index is 0.152. The molecule has 2 aliphatic rings. The van der Waals surface area contributed by atoms with E-state index in [1.807, 2.05) is 19.9 Å². The Kier molecular flexibility index (Phi) is 5.38. The molecule has 1 aliphatic heterocycles. The van der Waals surface area contributed by atoms with Gasteiger partial charge in [0.25, 0.3) is 0 Å². The lowest BCUT2D eigenvalue weighted by Crippen LogP contribution is -2.39. The van der Waals surface area contributed by atoms with Gasteiger partial charge in [-0.2, -0.15) is 0 Å². The smallest absolute Gasteiger partial charge is 0.226 e. The monoisotopic (exact) mass is 365 g/mol. The third kappa shape index (κ3) is 4.12. The van der Waals surface area contributed by atoms with Gasteiger partial charge >= 0.3 is 0 Å². The Morgan fingerprint density at radius 3 is 2.56 bits per heavy atom. The number of likely N-dealkylation sites (tertiary alicyclic amines) is 1. The van der Waals surface area contributed by atoms with Gasteiger partial charge in [-0.15, -0.1) is 0 Å². The normalized spacial score (nSPS) is 21.4. The standard InChI is InChI=1S/C24H31NO2/c1-17(2)27-23-11-10-19-9-8-18(15-21(19)16-23)14-20-12-13-25(24(20)26)22-6-4-3-5-7-22/h8-11,15-17,20,22H,3-7,12-14H2,1-2H3. The molecule has 3 heteroatoms. The summed E-state index contributed by atoms with van der Waals surface area (Å²) < 4.78 is 5.83. The van der Waals surface area contributed by atoms with E-state index in [0.29, 0.717) is 11.9 Å². The van der Waals surface area contributed by atoms with Crippen LogP contribution in [0.1, 0.15) is 57.9 Å². The average Bonchev–Trinajstić information content (AvgIpc) is 3.02. The topological polar surface area (TPSA) is 29.5 Å². The Labute approximate surface area is 162 Å². The van der Waals surface area contributed by atoms with Gasteiger partial charge in [-0.05, 0) is 68.0 Å². The first-order valence-corrected chi connectivity index (χ1v) is 10.6. The second kappa shape index (κ2) is 7.92. The van der Waals surface area contributed by atoms with Crippen molar-refractivity contribution < 1.29 is 9.53 Å². The fraction of sp³-hybridized carbons (Fsp3) is 0.542. The van der Waals surface area contributed by atoms with Gasteiger partial charge in [-0.3, -0.25) is 4.79 Å². The number of carbonyl (C=O) groups excluding carboxylic acids is 1. The van der Waals surface area contributed by atoms with Gasteiger partial charge in [0.05, 0.1) is 6.10 Å². The molecule has 2 fully saturated rings. The summed E-state index contributed by atoms with van der Waals surface area (Å²) in [4.78, 5) is 15.1. The Balaban J connectivity index is 1.47. The molecule has 1 saturated heterocycles. The molecule has 0 bridgehead atoms. The van der Waals surface area contributed by atoms with Crippen molar-refractivity contribution in [3.8, 4) is 5.75 Å². The molecule has 3 nitrogen and oxygen atoms in total. The molecule has 2 aromatic carbocycles. The number of carbonyl (C=O) groups is 1. The van der Waals surface area contributed by atoms with Gasteiger partial charge in [0.2, 0.25) is 5.91 Å². The van der Waals surface area contributed by atoms with Crippen LogP contribution < -0.4 is 4.74 Å². The summed E-state index contributed by atoms with van der Waals surface area (Å²) in [5, 5.41) is 2.41. The number of hydrogen-bond donors (Lipinski definition) is 0. The predicted molar refractivity (Wildman–Crippen MR) is 110 cm³/mol. The molecular formula is C24H31NO2. The predicted octanol–water partition coefficient (Wildman–Crippen LogP) is 5.35. The number of amides is 1. The maximum absolute atomic E-state index is 13.0. The van der Waals surface area contributed by atoms with Crippen LogP contribution in [0.25, 0.3) is 10.8 Å². The third-order valence-corrected chi connectivity index (χ3v) is 6.10. The molecular weight excluding hydrogens is 334 g/mol. The van der Waals surface area contributed by atoms with E-state index in [0.717, 1.165) is 25.1 Å². The number of ether oxygens (including phenoxy) is 1. The van der Waals surface area contributed by atoms with Crippen LogP contribution in [0.5, 0.6) is 5.75 Å². The highest BCUT2D eigenvalue weighted by Gasteiger charge is 2.36. The van der Waals surface area contributed by atoms with E-state index >= 15 is 0 Å². The Morgan fingerprint density at radius 2 is 1.78 bits per heavy atom. The van der Waals surface area contributed by atoms with E-state index in [9.17, 15) is 4.79 Å². The van der Waals surface area contributed by atoms with Gasteiger partial charge in [-0.1, -0.05) is 43.5 Å². The first-order chi connectivity index (χ1) is 13.1. The Bertz CT molecular complexity index is 807. The minimum Gasteiger partial charge on any atom is -0.491 e. The molecule has 144 valence electrons. The van der Waals surface area contributed by atoms with Crippen molar-refractivity contribution >= 4 is 16.7 Å². The van der Waals surface area contributed by atoms with Crippen molar-refractivity contribution in [3.63, 3.8) is 0 Å². The van der Waals surface area contributed by atoms with Crippen LogP contribution in [0.4, 0.5) is 0 Å². The van der Waals surface area contributed by atoms with Crippen molar-refractivity contribution in [1.82, 2.24) is 4.90 Å². The third-order valence-electron chi connectivity index (χ3n) is 6.10. The van der Waals surface area contributed by atoms with Crippen LogP contribution >= 0.6 is 0 Å². The average molecular weight is 366 g/mol. The summed E-state index contributed by atoms with van der Waals surface area (Å²) in [6, 6.07) is 13.4. The summed E-state index contributed by atoms with van der Waals surface area (Å²) in [5.41, 5.74) is 1.26. The highest BCUT2D eigenvalue weighted by Crippen LogP contribution is 2.31. The molecule has 0 spiro atoms. The van der Waals surface area contributed by atoms with E-state index in [4.69, 9.17) is 4.74 Å². The van der Waals surface area contributed by atoms with E-state index in [1.54, 1.807) is 0 Å². The summed E-state index contributed by atoms with van der Waals surface area (Å²) in [5.74, 6) is 1.45. The first-order valence-electron chi connectivity index (χ1n) is 10.6. The Hall–Kier alpha value is -2.03. The van der Waals surface area contributed by atoms with Gasteiger partial charge in [0.1, 0.15) is 5.75 Å². The van der Waals surface area contributed by atoms with Crippen LogP contribution in [0.15, 0.2) is 36.4 Å². The lowest BCUT2D eigenvalue weighted by molar-refractivity contribution is -0.133. The molecule has 27 heavy (non-hydrogen) atoms. The van der Waals surface area contributed by atoms with Crippen molar-refractivity contribution in [2.24, 2.45) is 5.92 Å². The second-order valence-corrected chi connectivity index (χ2v) is 8.52. The summed E-state index contributed by atoms with van der Waals surface area (Å²) in [7, 11) is 0. The molecule has 1 atom stereocenters. The first kappa shape index (κ1) is 18.3. The molecule has 1 unspecified atom stereocenters. The maximum atomic E-state index is 13.0. The summed E-state index contributed by atoms with van der Waals surface area (Å²) in [6.45, 7) is 5.04. The SMILES string of the molecule is CC(C)Oc1ccc2ccc(CC3CCN(C4CCCCC4)C3=O)cc2c1. The molecule has 0 N–H and O–H groups in total. The quantitative estimate of drug-likeness (QED) is 0.715. The maximum Gasteiger partial charge on any atom is 0.226 e. The van der Waals surface area contributed by atoms with Gasteiger partial charge in [0, 0.05) is 18.5 Å². The van der Waals surface area contributed by atoms with Gasteiger partial charge in [-0.25, -0.2) is 0 Å². The summed E-state index contributed by atoms with van der Waals surface area (Å²) >= 11 is 0. The molecule has 0 radical (unpaired) electrons. The van der Waals surface area contributed by atoms with Crippen LogP contribution in [-0.4, -0.2) is 29.5 Å². The molecule has 0 aromatic heterocycles. The van der Waals surface area contributed by atoms with E-state index < -0.39 is 0 Å². The molecule has 2 aromatic rings. The van der Waals surface area contributed by atoms with Crippen LogP contribution in [0.2, 0.25) is 0 Å². The highest BCUT2D eigenvalue weighted by atomic mass is 16.5. The largest absolute Gasteiger partial charge is 0.491 e. The number of fused-ring (bicyclic) bond motifs is 1. The summed E-state index contributed by atoms with van der Waals surface area (Å²) in [6.07, 6.45) is 8.33. The lowest BCUT2D eigenvalue weighted by Gasteiger charge is -2.31. The Morgan fingerprint density at radius 1 is 1.00 bits per heavy atom. The zero-order valence-electron chi connectivity index (χ0n) is 16.6. The second-order valence-electron chi connectivity index (χ2n) is 8.52. The van der Waals surface area contributed by atoms with Crippen molar-refractivity contribution in [2.75, 3.05) is 6.54 Å². The van der Waals surface area contributed by atoms with Crippen LogP contribution in [0.3, 0.4) is 0 Å². The minimum absolute atomic E-state index is 0.152. The zero-order chi connectivity index (χ0) is 18.8. The van der Waals surface area contributed by atoms with Crippen molar-refractivity contribution in [1.29, 1.82) is 0 Å². The van der Waals surface area contributed by atoms with Crippen molar-refractivity contribution in [3.05, 3.63) is 42.0 Å². The fourth-order valence-corrected chi connectivity index (χ4v) is 4.74. The van der Waals surface area contributed by atoms with E-state index in [-0.39, 0.29) is 12.0 Å². The molecule has 1 saturated carbocycles. The zero-order valence-corrected chi connectivity index (χ0v) is 16.6. The van der Waals surface area contributed by atoms with Gasteiger partial charge in [0.15, 0.2) is 0 Å². The number of benzene rings is 2. The lowest BCUT2D eigenvalue weighted by atomic mass is 9.93. The van der Waals surface area contributed by atoms with E-state index in [2.05, 4.69) is 35.2 Å². The van der Waals surface area contributed by atoms with Crippen LogP contribution in [-0.2, 0) is 11.2 Å². The van der Waals surface area contributed by atoms with Crippen molar-refractivity contribution in [2.45, 2.75) is 70.9 Å². The number of hydrogen-bond acceptors (Lipinski definition) is 2. The molecule has 1 heterocycles. The fourth-order valence-electron chi connectivity index (χ4n) is 4.74. The molecule has 4 rings (SSSR count). The number of nitrogens with zero attached hydrogens (tertiary/aromatic N) is 1. The molecule has 1 aliphatic carbocycles. The van der Waals surface area contributed by atoms with Crippen LogP contribution in [0, 0.1) is 5.92 Å². The van der Waals surface area contributed by atoms with E-state index in [1.165, 1.54) is 48.4 Å². The highest BCUT2D eigenvalue weighted by molar-refractivity contribution is 5.85. The molecule has 1 amide bonds. The number of rotatable bonds is 5. The van der Waals surface area contributed by atoms with Gasteiger partial charge < -0.3 is 9.64 Å².